The molecule has 212 valence electrons. The van der Waals surface area contributed by atoms with Crippen LogP contribution in [0, 0.1) is 17.0 Å². The van der Waals surface area contributed by atoms with E-state index < -0.39 is 27.4 Å². The molecule has 0 unspecified atom stereocenters. The smallest absolute Gasteiger partial charge is 0.273 e. The van der Waals surface area contributed by atoms with E-state index in [1.807, 2.05) is 48.5 Å². The Kier molecular flexibility index (Phi) is 7.85. The number of benzene rings is 5. The fourth-order valence-corrected chi connectivity index (χ4v) is 6.10. The number of carbonyl (C=O) groups is 1. The molecular weight excluding hydrogens is 556 g/mol. The summed E-state index contributed by atoms with van der Waals surface area (Å²) in [7, 11) is -2.93. The third kappa shape index (κ3) is 5.63. The van der Waals surface area contributed by atoms with Crippen molar-refractivity contribution in [2.24, 2.45) is 5.10 Å². The maximum absolute atomic E-state index is 13.8. The molecule has 0 saturated carbocycles. The van der Waals surface area contributed by atoms with E-state index in [9.17, 15) is 23.3 Å². The van der Waals surface area contributed by atoms with Crippen LogP contribution in [0.25, 0.3) is 21.5 Å². The van der Waals surface area contributed by atoms with Gasteiger partial charge in [-0.2, -0.15) is 5.10 Å². The Bertz CT molecular complexity index is 1900. The van der Waals surface area contributed by atoms with Crippen LogP contribution in [0.2, 0.25) is 0 Å². The molecule has 5 aromatic rings. The zero-order valence-corrected chi connectivity index (χ0v) is 23.5. The maximum atomic E-state index is 13.8. The van der Waals surface area contributed by atoms with Crippen LogP contribution in [0.15, 0.2) is 107 Å². The topological polar surface area (TPSA) is 131 Å². The van der Waals surface area contributed by atoms with Crippen LogP contribution in [-0.4, -0.2) is 39.1 Å². The molecule has 0 bridgehead atoms. The van der Waals surface area contributed by atoms with E-state index in [1.165, 1.54) is 44.5 Å². The maximum Gasteiger partial charge on any atom is 0.273 e. The number of hydrazone groups is 1. The number of nitrogens with one attached hydrogen (secondary N) is 1. The van der Waals surface area contributed by atoms with Gasteiger partial charge in [-0.15, -0.1) is 0 Å². The number of hydrogen-bond donors (Lipinski definition) is 1. The van der Waals surface area contributed by atoms with Gasteiger partial charge in [0.15, 0.2) is 0 Å². The number of nitro groups is 1. The van der Waals surface area contributed by atoms with Crippen molar-refractivity contribution in [1.82, 2.24) is 5.43 Å². The number of fused-ring (bicyclic) bond motifs is 2. The van der Waals surface area contributed by atoms with E-state index >= 15 is 0 Å². The quantitative estimate of drug-likeness (QED) is 0.105. The first-order chi connectivity index (χ1) is 20.2. The minimum atomic E-state index is -4.40. The zero-order chi connectivity index (χ0) is 29.9. The molecule has 0 spiro atoms. The van der Waals surface area contributed by atoms with Crippen molar-refractivity contribution in [2.45, 2.75) is 11.8 Å². The highest BCUT2D eigenvalue weighted by Crippen LogP contribution is 2.30. The van der Waals surface area contributed by atoms with Gasteiger partial charge in [-0.3, -0.25) is 19.2 Å². The van der Waals surface area contributed by atoms with Gasteiger partial charge in [0.05, 0.1) is 28.8 Å². The summed E-state index contributed by atoms with van der Waals surface area (Å²) in [5.74, 6) is -0.227. The number of amides is 1. The number of rotatable bonds is 9. The number of nitrogens with zero attached hydrogens (tertiary/aromatic N) is 3. The molecule has 11 heteroatoms. The highest BCUT2D eigenvalue weighted by Gasteiger charge is 2.29. The van der Waals surface area contributed by atoms with Gasteiger partial charge in [0.25, 0.3) is 21.6 Å². The molecule has 0 atom stereocenters. The van der Waals surface area contributed by atoms with Crippen LogP contribution in [0.1, 0.15) is 11.1 Å². The molecule has 0 heterocycles. The van der Waals surface area contributed by atoms with Crippen LogP contribution in [0.4, 0.5) is 11.4 Å². The second kappa shape index (κ2) is 11.7. The summed E-state index contributed by atoms with van der Waals surface area (Å²) >= 11 is 0. The highest BCUT2D eigenvalue weighted by molar-refractivity contribution is 7.92. The van der Waals surface area contributed by atoms with Gasteiger partial charge in [-0.05, 0) is 64.9 Å². The Balaban J connectivity index is 1.47. The lowest BCUT2D eigenvalue weighted by molar-refractivity contribution is -0.385. The van der Waals surface area contributed by atoms with Crippen molar-refractivity contribution in [3.8, 4) is 5.75 Å². The van der Waals surface area contributed by atoms with Crippen molar-refractivity contribution in [3.63, 3.8) is 0 Å². The lowest BCUT2D eigenvalue weighted by atomic mass is 9.97. The molecule has 0 fully saturated rings. The molecular formula is C31H26N4O6S. The number of hydrogen-bond acceptors (Lipinski definition) is 7. The number of ether oxygens (including phenoxy) is 1. The summed E-state index contributed by atoms with van der Waals surface area (Å²) in [5, 5.41) is 19.6. The monoisotopic (exact) mass is 582 g/mol. The summed E-state index contributed by atoms with van der Waals surface area (Å²) < 4.78 is 33.5. The lowest BCUT2D eigenvalue weighted by Gasteiger charge is -2.24. The van der Waals surface area contributed by atoms with Crippen molar-refractivity contribution < 1.29 is 22.9 Å². The molecule has 0 saturated heterocycles. The Morgan fingerprint density at radius 1 is 0.952 bits per heavy atom. The van der Waals surface area contributed by atoms with Crippen molar-refractivity contribution >= 4 is 55.1 Å². The summed E-state index contributed by atoms with van der Waals surface area (Å²) in [4.78, 5) is 23.6. The largest absolute Gasteiger partial charge is 0.497 e. The molecule has 5 aromatic carbocycles. The number of methoxy groups -OCH3 is 1. The van der Waals surface area contributed by atoms with E-state index in [4.69, 9.17) is 4.74 Å². The first kappa shape index (κ1) is 28.2. The van der Waals surface area contributed by atoms with Gasteiger partial charge in [-0.25, -0.2) is 13.8 Å². The first-order valence-corrected chi connectivity index (χ1v) is 14.3. The average molecular weight is 583 g/mol. The van der Waals surface area contributed by atoms with E-state index in [2.05, 4.69) is 16.6 Å². The predicted octanol–water partition coefficient (Wildman–Crippen LogP) is 5.56. The Labute approximate surface area is 242 Å². The van der Waals surface area contributed by atoms with Crippen LogP contribution >= 0.6 is 0 Å². The van der Waals surface area contributed by atoms with Crippen molar-refractivity contribution in [2.75, 3.05) is 18.0 Å². The van der Waals surface area contributed by atoms with Gasteiger partial charge in [-0.1, -0.05) is 54.6 Å². The van der Waals surface area contributed by atoms with E-state index in [0.29, 0.717) is 11.3 Å². The summed E-state index contributed by atoms with van der Waals surface area (Å²) in [6.07, 6.45) is 1.54. The SMILES string of the molecule is COc1ccc(N(CC(=O)N/N=C\c2c3ccccc3cc3ccccc23)S(=O)(=O)c2ccc(C)c([N+](=O)[O-])c2)cc1. The summed E-state index contributed by atoms with van der Waals surface area (Å²) in [6, 6.07) is 27.4. The third-order valence-corrected chi connectivity index (χ3v) is 8.58. The number of aryl methyl sites for hydroxylation is 1. The zero-order valence-electron chi connectivity index (χ0n) is 22.7. The molecule has 0 aromatic heterocycles. The first-order valence-electron chi connectivity index (χ1n) is 12.8. The highest BCUT2D eigenvalue weighted by atomic mass is 32.2. The van der Waals surface area contributed by atoms with Gasteiger partial charge < -0.3 is 4.74 Å². The van der Waals surface area contributed by atoms with Gasteiger partial charge in [0.2, 0.25) is 0 Å². The fourth-order valence-electron chi connectivity index (χ4n) is 4.66. The third-order valence-electron chi connectivity index (χ3n) is 6.81. The molecule has 1 amide bonds. The van der Waals surface area contributed by atoms with Crippen molar-refractivity contribution in [1.29, 1.82) is 0 Å². The van der Waals surface area contributed by atoms with Crippen LogP contribution in [0.3, 0.4) is 0 Å². The second-order valence-electron chi connectivity index (χ2n) is 9.44. The predicted molar refractivity (Wildman–Crippen MR) is 163 cm³/mol. The Morgan fingerprint density at radius 2 is 1.57 bits per heavy atom. The standard InChI is InChI=1S/C31H26N4O6S/c1-21-11-16-26(18-30(21)35(37)38)42(39,40)34(24-12-14-25(41-2)15-13-24)20-31(36)33-32-19-29-27-9-5-3-7-22(27)17-23-8-4-6-10-28(23)29/h3-19H,20H2,1-2H3,(H,33,36)/b32-19-. The number of sulfonamides is 1. The van der Waals surface area contributed by atoms with Crippen LogP contribution in [-0.2, 0) is 14.8 Å². The number of nitro benzene ring substituents is 1. The Morgan fingerprint density at radius 3 is 2.17 bits per heavy atom. The second-order valence-corrected chi connectivity index (χ2v) is 11.3. The molecule has 0 aliphatic rings. The van der Waals surface area contributed by atoms with E-state index in [1.54, 1.807) is 12.1 Å². The van der Waals surface area contributed by atoms with E-state index in [-0.39, 0.29) is 16.3 Å². The summed E-state index contributed by atoms with van der Waals surface area (Å²) in [5.41, 5.74) is 3.37. The molecule has 0 aliphatic heterocycles. The van der Waals surface area contributed by atoms with Gasteiger partial charge in [0.1, 0.15) is 12.3 Å². The van der Waals surface area contributed by atoms with Crippen LogP contribution < -0.4 is 14.5 Å². The minimum Gasteiger partial charge on any atom is -0.497 e. The van der Waals surface area contributed by atoms with Gasteiger partial charge >= 0.3 is 0 Å². The van der Waals surface area contributed by atoms with Gasteiger partial charge in [0, 0.05) is 17.2 Å². The minimum absolute atomic E-state index is 0.165. The normalized spacial score (nSPS) is 11.6. The number of carbonyl (C=O) groups excluding carboxylic acids is 1. The molecule has 5 rings (SSSR count). The number of anilines is 1. The van der Waals surface area contributed by atoms with Crippen LogP contribution in [0.5, 0.6) is 5.75 Å². The molecule has 0 aliphatic carbocycles. The van der Waals surface area contributed by atoms with E-state index in [0.717, 1.165) is 37.5 Å². The lowest BCUT2D eigenvalue weighted by Crippen LogP contribution is -2.39. The molecule has 0 radical (unpaired) electrons. The molecule has 1 N–H and O–H groups in total. The molecule has 10 nitrogen and oxygen atoms in total. The Hall–Kier alpha value is -5.29. The molecule has 42 heavy (non-hydrogen) atoms. The fraction of sp³-hybridized carbons (Fsp3) is 0.0968. The summed E-state index contributed by atoms with van der Waals surface area (Å²) in [6.45, 7) is 0.879. The van der Waals surface area contributed by atoms with Crippen molar-refractivity contribution in [3.05, 3.63) is 118 Å². The average Bonchev–Trinajstić information content (AvgIpc) is 2.99.